The molecule has 212 valence electrons. The van der Waals surface area contributed by atoms with Crippen molar-refractivity contribution in [2.24, 2.45) is 7.05 Å². The van der Waals surface area contributed by atoms with Crippen molar-refractivity contribution in [2.75, 3.05) is 39.8 Å². The van der Waals surface area contributed by atoms with Crippen molar-refractivity contribution >= 4 is 23.6 Å². The molecule has 0 fully saturated rings. The number of nitrogens with zero attached hydrogens (tertiary/aromatic N) is 4. The first-order valence-corrected chi connectivity index (χ1v) is 13.2. The van der Waals surface area contributed by atoms with Crippen LogP contribution in [0.5, 0.6) is 11.5 Å². The van der Waals surface area contributed by atoms with E-state index in [0.717, 1.165) is 5.56 Å². The van der Waals surface area contributed by atoms with E-state index in [1.165, 1.54) is 18.2 Å². The van der Waals surface area contributed by atoms with Gasteiger partial charge in [0.25, 0.3) is 11.8 Å². The second-order valence-electron chi connectivity index (χ2n) is 9.77. The van der Waals surface area contributed by atoms with Gasteiger partial charge in [-0.3, -0.25) is 23.9 Å². The van der Waals surface area contributed by atoms with Crippen LogP contribution in [0.15, 0.2) is 30.6 Å². The number of hydrogen-bond acceptors (Lipinski definition) is 7. The first-order valence-electron chi connectivity index (χ1n) is 13.2. The molecule has 0 aliphatic carbocycles. The summed E-state index contributed by atoms with van der Waals surface area (Å²) in [6.07, 6.45) is 6.50. The molecule has 0 saturated carbocycles. The number of phenolic OH excluding ortho intramolecular Hbond substituents is 1. The fourth-order valence-corrected chi connectivity index (χ4v) is 4.33. The maximum absolute atomic E-state index is 13.0. The van der Waals surface area contributed by atoms with Crippen molar-refractivity contribution < 1.29 is 29.0 Å². The summed E-state index contributed by atoms with van der Waals surface area (Å²) < 4.78 is 7.15. The zero-order valence-electron chi connectivity index (χ0n) is 22.8. The summed E-state index contributed by atoms with van der Waals surface area (Å²) in [7, 11) is 3.51. The van der Waals surface area contributed by atoms with E-state index in [9.17, 15) is 24.3 Å². The minimum Gasteiger partial charge on any atom is -0.508 e. The van der Waals surface area contributed by atoms with Crippen LogP contribution in [0.1, 0.15) is 48.5 Å². The first kappa shape index (κ1) is 29.5. The molecule has 39 heavy (non-hydrogen) atoms. The van der Waals surface area contributed by atoms with Gasteiger partial charge in [0, 0.05) is 64.5 Å². The van der Waals surface area contributed by atoms with E-state index >= 15 is 0 Å². The summed E-state index contributed by atoms with van der Waals surface area (Å²) >= 11 is 0. The molecule has 0 unspecified atom stereocenters. The van der Waals surface area contributed by atoms with E-state index in [2.05, 4.69) is 15.7 Å². The highest BCUT2D eigenvalue weighted by Crippen LogP contribution is 2.22. The van der Waals surface area contributed by atoms with Gasteiger partial charge >= 0.3 is 0 Å². The lowest BCUT2D eigenvalue weighted by Gasteiger charge is -2.25. The molecule has 0 spiro atoms. The number of rotatable bonds is 3. The van der Waals surface area contributed by atoms with Crippen molar-refractivity contribution in [3.05, 3.63) is 41.7 Å². The number of hydrogen-bond donors (Lipinski definition) is 3. The second-order valence-corrected chi connectivity index (χ2v) is 9.77. The quantitative estimate of drug-likeness (QED) is 0.521. The fourth-order valence-electron chi connectivity index (χ4n) is 4.33. The second kappa shape index (κ2) is 14.2. The molecular formula is C27H38N6O6. The molecule has 2 heterocycles. The number of aromatic nitrogens is 2. The number of amides is 4. The molecule has 3 N–H and O–H groups in total. The van der Waals surface area contributed by atoms with Crippen LogP contribution in [0, 0.1) is 0 Å². The first-order chi connectivity index (χ1) is 18.6. The van der Waals surface area contributed by atoms with E-state index in [-0.39, 0.29) is 35.5 Å². The number of phenols is 1. The van der Waals surface area contributed by atoms with Crippen LogP contribution in [0.2, 0.25) is 0 Å². The average Bonchev–Trinajstić information content (AvgIpc) is 3.32. The SMILES string of the molecule is C[C@@H]1NC(=O)COc2cc(O)cc(c2)C(=O)NCCCN(C(=O)CCc2cnn(C)c2)CCCCN(C)C1=O. The van der Waals surface area contributed by atoms with Gasteiger partial charge in [0.2, 0.25) is 11.8 Å². The van der Waals surface area contributed by atoms with Crippen LogP contribution < -0.4 is 15.4 Å². The number of ether oxygens (including phenoxy) is 1. The minimum atomic E-state index is -0.757. The molecule has 0 saturated heterocycles. The van der Waals surface area contributed by atoms with Crippen molar-refractivity contribution in [2.45, 2.75) is 45.1 Å². The van der Waals surface area contributed by atoms with Gasteiger partial charge in [-0.1, -0.05) is 0 Å². The van der Waals surface area contributed by atoms with Crippen molar-refractivity contribution in [1.82, 2.24) is 30.2 Å². The van der Waals surface area contributed by atoms with Gasteiger partial charge in [-0.2, -0.15) is 5.10 Å². The zero-order valence-corrected chi connectivity index (χ0v) is 22.8. The molecule has 1 aliphatic heterocycles. The molecule has 4 amide bonds. The average molecular weight is 543 g/mol. The lowest BCUT2D eigenvalue weighted by Crippen LogP contribution is -2.47. The molecule has 2 bridgehead atoms. The highest BCUT2D eigenvalue weighted by molar-refractivity contribution is 5.95. The Morgan fingerprint density at radius 3 is 2.59 bits per heavy atom. The molecule has 1 aromatic carbocycles. The van der Waals surface area contributed by atoms with Gasteiger partial charge in [0.1, 0.15) is 17.5 Å². The number of fused-ring (bicyclic) bond motifs is 2. The molecule has 1 atom stereocenters. The predicted molar refractivity (Wildman–Crippen MR) is 143 cm³/mol. The molecule has 1 aliphatic rings. The molecule has 12 nitrogen and oxygen atoms in total. The van der Waals surface area contributed by atoms with E-state index in [0.29, 0.717) is 58.3 Å². The van der Waals surface area contributed by atoms with Crippen molar-refractivity contribution in [1.29, 1.82) is 0 Å². The number of carbonyl (C=O) groups is 4. The predicted octanol–water partition coefficient (Wildman–Crippen LogP) is 0.843. The van der Waals surface area contributed by atoms with Crippen LogP contribution in [0.3, 0.4) is 0 Å². The smallest absolute Gasteiger partial charge is 0.258 e. The molecule has 12 heteroatoms. The third-order valence-electron chi connectivity index (χ3n) is 6.45. The Hall–Kier alpha value is -4.09. The van der Waals surface area contributed by atoms with Crippen molar-refractivity contribution in [3.63, 3.8) is 0 Å². The van der Waals surface area contributed by atoms with Gasteiger partial charge in [-0.05, 0) is 50.3 Å². The topological polar surface area (TPSA) is 146 Å². The number of aromatic hydroxyl groups is 1. The van der Waals surface area contributed by atoms with E-state index in [1.54, 1.807) is 34.6 Å². The monoisotopic (exact) mass is 542 g/mol. The van der Waals surface area contributed by atoms with E-state index < -0.39 is 17.9 Å². The zero-order chi connectivity index (χ0) is 28.4. The minimum absolute atomic E-state index is 0.0165. The highest BCUT2D eigenvalue weighted by Gasteiger charge is 2.20. The van der Waals surface area contributed by atoms with Gasteiger partial charge in [-0.15, -0.1) is 0 Å². The Morgan fingerprint density at radius 1 is 1.10 bits per heavy atom. The van der Waals surface area contributed by atoms with Crippen molar-refractivity contribution in [3.8, 4) is 11.5 Å². The number of carbonyl (C=O) groups excluding carboxylic acids is 4. The summed E-state index contributed by atoms with van der Waals surface area (Å²) in [5.74, 6) is -1.18. The summed E-state index contributed by atoms with van der Waals surface area (Å²) in [5.41, 5.74) is 1.16. The maximum Gasteiger partial charge on any atom is 0.258 e. The Morgan fingerprint density at radius 2 is 1.85 bits per heavy atom. The number of nitrogens with one attached hydrogen (secondary N) is 2. The Labute approximate surface area is 228 Å². The van der Waals surface area contributed by atoms with Gasteiger partial charge < -0.3 is 30.3 Å². The van der Waals surface area contributed by atoms with Crippen LogP contribution in [-0.4, -0.2) is 94.2 Å². The van der Waals surface area contributed by atoms with Crippen LogP contribution in [-0.2, 0) is 27.9 Å². The van der Waals surface area contributed by atoms with Crippen LogP contribution in [0.25, 0.3) is 0 Å². The number of likely N-dealkylation sites (N-methyl/N-ethyl adjacent to an activating group) is 1. The summed E-state index contributed by atoms with van der Waals surface area (Å²) in [6.45, 7) is 3.03. The maximum atomic E-state index is 13.0. The Balaban J connectivity index is 1.69. The molecule has 2 aromatic rings. The molecular weight excluding hydrogens is 504 g/mol. The normalized spacial score (nSPS) is 18.6. The largest absolute Gasteiger partial charge is 0.508 e. The lowest BCUT2D eigenvalue weighted by atomic mass is 10.1. The third-order valence-corrected chi connectivity index (χ3v) is 6.45. The lowest BCUT2D eigenvalue weighted by molar-refractivity contribution is -0.135. The third kappa shape index (κ3) is 9.31. The van der Waals surface area contributed by atoms with Gasteiger partial charge in [-0.25, -0.2) is 0 Å². The standard InChI is InChI=1S/C27H38N6O6/c1-19-27(38)31(2)10-4-5-11-33(25(36)8-7-20-16-29-32(3)17-20)12-6-9-28-26(37)21-13-22(34)15-23(14-21)39-18-24(35)30-19/h13-17,19,34H,4-12,18H2,1-3H3,(H,28,37)(H,30,35)/t19-/m0/s1. The van der Waals surface area contributed by atoms with E-state index in [4.69, 9.17) is 4.74 Å². The molecule has 3 rings (SSSR count). The van der Waals surface area contributed by atoms with E-state index in [1.807, 2.05) is 13.2 Å². The van der Waals surface area contributed by atoms with Gasteiger partial charge in [0.15, 0.2) is 6.61 Å². The Bertz CT molecular complexity index is 1170. The number of benzene rings is 1. The Kier molecular flexibility index (Phi) is 10.7. The van der Waals surface area contributed by atoms with Gasteiger partial charge in [0.05, 0.1) is 6.20 Å². The summed E-state index contributed by atoms with van der Waals surface area (Å²) in [4.78, 5) is 54.1. The van der Waals surface area contributed by atoms with Crippen LogP contribution >= 0.6 is 0 Å². The summed E-state index contributed by atoms with van der Waals surface area (Å²) in [5, 5.41) is 19.6. The fraction of sp³-hybridized carbons (Fsp3) is 0.519. The highest BCUT2D eigenvalue weighted by atomic mass is 16.5. The summed E-state index contributed by atoms with van der Waals surface area (Å²) in [6, 6.07) is 3.27. The number of aryl methyl sites for hydroxylation is 2. The molecule has 0 radical (unpaired) electrons. The van der Waals surface area contributed by atoms with Crippen LogP contribution in [0.4, 0.5) is 0 Å². The molecule has 1 aromatic heterocycles.